The van der Waals surface area contributed by atoms with Gasteiger partial charge in [-0.15, -0.1) is 0 Å². The van der Waals surface area contributed by atoms with E-state index in [1.165, 1.54) is 36.4 Å². The van der Waals surface area contributed by atoms with E-state index in [2.05, 4.69) is 26.6 Å². The smallest absolute Gasteiger partial charge is 0.352 e. The number of carbonyl (C=O) groups excluding carboxylic acids is 2. The molecule has 0 bridgehead atoms. The highest BCUT2D eigenvalue weighted by molar-refractivity contribution is 9.10. The fourth-order valence-electron chi connectivity index (χ4n) is 2.17. The summed E-state index contributed by atoms with van der Waals surface area (Å²) >= 11 is 2.81. The van der Waals surface area contributed by atoms with Crippen LogP contribution in [0.4, 0.5) is 24.5 Å². The Morgan fingerprint density at radius 2 is 1.75 bits per heavy atom. The normalized spacial score (nSPS) is 11.0. The van der Waals surface area contributed by atoms with Gasteiger partial charge in [-0.05, 0) is 30.3 Å². The van der Waals surface area contributed by atoms with Crippen LogP contribution in [-0.2, 0) is 11.0 Å². The fourth-order valence-corrected chi connectivity index (χ4v) is 2.64. The number of hydrogen-bond acceptors (Lipinski definition) is 4. The summed E-state index contributed by atoms with van der Waals surface area (Å²) in [7, 11) is 0. The second-order valence-electron chi connectivity index (χ2n) is 5.55. The number of nitrogens with zero attached hydrogens (tertiary/aromatic N) is 1. The van der Waals surface area contributed by atoms with E-state index in [1.54, 1.807) is 0 Å². The number of non-ortho nitro benzene ring substituents is 1. The molecule has 2 amide bonds. The minimum atomic E-state index is -4.57. The van der Waals surface area contributed by atoms with Gasteiger partial charge < -0.3 is 10.6 Å². The largest absolute Gasteiger partial charge is 0.417 e. The van der Waals surface area contributed by atoms with E-state index in [0.717, 1.165) is 6.07 Å². The highest BCUT2D eigenvalue weighted by atomic mass is 79.9. The SMILES string of the molecule is O=C(CCNC(=O)c1ccc([N+](=O)[O-])cc1)Nc1ccc(Br)c(C(F)(F)F)c1. The van der Waals surface area contributed by atoms with Gasteiger partial charge in [0.05, 0.1) is 10.5 Å². The average molecular weight is 460 g/mol. The molecule has 0 spiro atoms. The van der Waals surface area contributed by atoms with Crippen LogP contribution in [-0.4, -0.2) is 23.3 Å². The molecule has 0 aliphatic carbocycles. The molecule has 2 N–H and O–H groups in total. The number of amides is 2. The number of anilines is 1. The van der Waals surface area contributed by atoms with Crippen LogP contribution in [0.5, 0.6) is 0 Å². The molecule has 7 nitrogen and oxygen atoms in total. The first-order valence-electron chi connectivity index (χ1n) is 7.77. The Kier molecular flexibility index (Phi) is 6.73. The van der Waals surface area contributed by atoms with Gasteiger partial charge in [-0.1, -0.05) is 15.9 Å². The molecule has 28 heavy (non-hydrogen) atoms. The molecule has 0 aliphatic rings. The summed E-state index contributed by atoms with van der Waals surface area (Å²) in [6.45, 7) is -0.0652. The molecular weight excluding hydrogens is 447 g/mol. The van der Waals surface area contributed by atoms with E-state index in [1.807, 2.05) is 0 Å². The molecule has 0 radical (unpaired) electrons. The third kappa shape index (κ3) is 5.78. The lowest BCUT2D eigenvalue weighted by molar-refractivity contribution is -0.384. The first-order valence-corrected chi connectivity index (χ1v) is 8.56. The zero-order valence-corrected chi connectivity index (χ0v) is 15.6. The van der Waals surface area contributed by atoms with Crippen LogP contribution in [0.25, 0.3) is 0 Å². The summed E-state index contributed by atoms with van der Waals surface area (Å²) in [5.41, 5.74) is -0.934. The maximum absolute atomic E-state index is 12.9. The molecule has 0 unspecified atom stereocenters. The Labute approximate surface area is 165 Å². The molecule has 11 heteroatoms. The summed E-state index contributed by atoms with van der Waals surface area (Å²) in [5.74, 6) is -1.12. The Morgan fingerprint density at radius 1 is 1.11 bits per heavy atom. The second-order valence-corrected chi connectivity index (χ2v) is 6.40. The lowest BCUT2D eigenvalue weighted by atomic mass is 10.2. The monoisotopic (exact) mass is 459 g/mol. The first kappa shape index (κ1) is 21.4. The van der Waals surface area contributed by atoms with Crippen LogP contribution < -0.4 is 10.6 Å². The van der Waals surface area contributed by atoms with E-state index in [-0.39, 0.29) is 34.4 Å². The summed E-state index contributed by atoms with van der Waals surface area (Å²) in [4.78, 5) is 33.8. The highest BCUT2D eigenvalue weighted by Crippen LogP contribution is 2.36. The topological polar surface area (TPSA) is 101 Å². The zero-order valence-electron chi connectivity index (χ0n) is 14.0. The molecule has 0 atom stereocenters. The van der Waals surface area contributed by atoms with Gasteiger partial charge in [-0.25, -0.2) is 0 Å². The number of rotatable bonds is 6. The minimum absolute atomic E-state index is 0.0257. The molecule has 148 valence electrons. The van der Waals surface area contributed by atoms with Gasteiger partial charge in [0.15, 0.2) is 0 Å². The number of hydrogen-bond donors (Lipinski definition) is 2. The molecule has 2 rings (SSSR count). The standard InChI is InChI=1S/C17H13BrF3N3O4/c18-14-6-3-11(9-13(14)17(19,20)21)23-15(25)7-8-22-16(26)10-1-4-12(5-2-10)24(27)28/h1-6,9H,7-8H2,(H,22,26)(H,23,25). The van der Waals surface area contributed by atoms with Crippen LogP contribution in [0.3, 0.4) is 0 Å². The summed E-state index contributed by atoms with van der Waals surface area (Å²) in [6.07, 6.45) is -4.74. The maximum atomic E-state index is 12.9. The van der Waals surface area contributed by atoms with Crippen molar-refractivity contribution < 1.29 is 27.7 Å². The zero-order chi connectivity index (χ0) is 20.9. The van der Waals surface area contributed by atoms with Gasteiger partial charge in [-0.3, -0.25) is 19.7 Å². The number of halogens is 4. The van der Waals surface area contributed by atoms with Crippen molar-refractivity contribution in [1.29, 1.82) is 0 Å². The predicted octanol–water partition coefficient (Wildman–Crippen LogP) is 4.13. The van der Waals surface area contributed by atoms with Crippen LogP contribution in [0.1, 0.15) is 22.3 Å². The van der Waals surface area contributed by atoms with Crippen molar-refractivity contribution in [1.82, 2.24) is 5.32 Å². The third-order valence-electron chi connectivity index (χ3n) is 3.53. The molecular formula is C17H13BrF3N3O4. The molecule has 2 aromatic rings. The number of carbonyl (C=O) groups is 2. The van der Waals surface area contributed by atoms with Crippen LogP contribution >= 0.6 is 15.9 Å². The van der Waals surface area contributed by atoms with Crippen LogP contribution in [0, 0.1) is 10.1 Å². The number of nitro benzene ring substituents is 1. The minimum Gasteiger partial charge on any atom is -0.352 e. The molecule has 2 aromatic carbocycles. The van der Waals surface area contributed by atoms with E-state index in [4.69, 9.17) is 0 Å². The van der Waals surface area contributed by atoms with Crippen LogP contribution in [0.15, 0.2) is 46.9 Å². The van der Waals surface area contributed by atoms with Crippen molar-refractivity contribution in [3.05, 3.63) is 68.2 Å². The molecule has 0 saturated heterocycles. The van der Waals surface area contributed by atoms with Gasteiger partial charge in [0.2, 0.25) is 5.91 Å². The number of nitro groups is 1. The Hall–Kier alpha value is -2.95. The average Bonchev–Trinajstić information content (AvgIpc) is 2.62. The number of nitrogens with one attached hydrogen (secondary N) is 2. The lowest BCUT2D eigenvalue weighted by Crippen LogP contribution is -2.27. The summed E-state index contributed by atoms with van der Waals surface area (Å²) in [5, 5.41) is 15.4. The molecule has 0 aliphatic heterocycles. The van der Waals surface area contributed by atoms with Crippen molar-refractivity contribution in [3.8, 4) is 0 Å². The Balaban J connectivity index is 1.87. The van der Waals surface area contributed by atoms with Gasteiger partial charge in [0.25, 0.3) is 11.6 Å². The van der Waals surface area contributed by atoms with E-state index >= 15 is 0 Å². The van der Waals surface area contributed by atoms with Gasteiger partial charge in [0, 0.05) is 40.8 Å². The van der Waals surface area contributed by atoms with Crippen molar-refractivity contribution in [2.24, 2.45) is 0 Å². The van der Waals surface area contributed by atoms with E-state index in [0.29, 0.717) is 0 Å². The number of benzene rings is 2. The van der Waals surface area contributed by atoms with Crippen molar-refractivity contribution in [2.45, 2.75) is 12.6 Å². The Morgan fingerprint density at radius 3 is 2.32 bits per heavy atom. The lowest BCUT2D eigenvalue weighted by Gasteiger charge is -2.12. The van der Waals surface area contributed by atoms with E-state index < -0.39 is 28.5 Å². The van der Waals surface area contributed by atoms with Gasteiger partial charge >= 0.3 is 6.18 Å². The van der Waals surface area contributed by atoms with Crippen LogP contribution in [0.2, 0.25) is 0 Å². The third-order valence-corrected chi connectivity index (χ3v) is 4.22. The summed E-state index contributed by atoms with van der Waals surface area (Å²) in [6, 6.07) is 8.18. The predicted molar refractivity (Wildman–Crippen MR) is 97.8 cm³/mol. The fraction of sp³-hybridized carbons (Fsp3) is 0.176. The first-order chi connectivity index (χ1) is 13.1. The highest BCUT2D eigenvalue weighted by Gasteiger charge is 2.33. The molecule has 0 heterocycles. The maximum Gasteiger partial charge on any atom is 0.417 e. The second kappa shape index (κ2) is 8.83. The summed E-state index contributed by atoms with van der Waals surface area (Å²) < 4.78 is 38.4. The quantitative estimate of drug-likeness (QED) is 0.500. The van der Waals surface area contributed by atoms with Gasteiger partial charge in [-0.2, -0.15) is 13.2 Å². The van der Waals surface area contributed by atoms with Crippen molar-refractivity contribution in [3.63, 3.8) is 0 Å². The number of alkyl halides is 3. The van der Waals surface area contributed by atoms with Gasteiger partial charge in [0.1, 0.15) is 0 Å². The molecule has 0 aromatic heterocycles. The van der Waals surface area contributed by atoms with E-state index in [9.17, 15) is 32.9 Å². The van der Waals surface area contributed by atoms with Crippen molar-refractivity contribution >= 4 is 39.1 Å². The molecule has 0 fully saturated rings. The van der Waals surface area contributed by atoms with Crippen molar-refractivity contribution in [2.75, 3.05) is 11.9 Å². The molecule has 0 saturated carbocycles. The Bertz CT molecular complexity index is 902.